The molecule has 6 N–H and O–H groups in total. The molecular weight excluding hydrogens is 189 g/mol. The average Bonchev–Trinajstić information content (AvgIpc) is 2.01. The molecule has 0 rings (SSSR count). The first-order valence-corrected chi connectivity index (χ1v) is 3.67. The first-order valence-electron chi connectivity index (χ1n) is 3.67. The summed E-state index contributed by atoms with van der Waals surface area (Å²) < 4.78 is 0. The number of amides is 2. The van der Waals surface area contributed by atoms with Gasteiger partial charge in [0.05, 0.1) is 6.42 Å². The van der Waals surface area contributed by atoms with Crippen LogP contribution in [0.4, 0.5) is 0 Å². The summed E-state index contributed by atoms with van der Waals surface area (Å²) in [5.41, 5.74) is 9.82. The van der Waals surface area contributed by atoms with E-state index in [4.69, 9.17) is 24.4 Å². The summed E-state index contributed by atoms with van der Waals surface area (Å²) in [7, 11) is 4.98. The number of carbonyl (C=O) groups is 3. The van der Waals surface area contributed by atoms with E-state index < -0.39 is 36.2 Å². The van der Waals surface area contributed by atoms with Crippen molar-refractivity contribution in [2.24, 2.45) is 11.5 Å². The summed E-state index contributed by atoms with van der Waals surface area (Å²) in [6, 6.07) is -1.30. The Labute approximate surface area is 81.2 Å². The van der Waals surface area contributed by atoms with Gasteiger partial charge in [0.2, 0.25) is 11.8 Å². The number of nitrogens with two attached hydrogens (primary N) is 2. The lowest BCUT2D eigenvalue weighted by Gasteiger charge is -2.14. The number of hydrogen-bond donors (Lipinski definition) is 4. The van der Waals surface area contributed by atoms with E-state index in [2.05, 4.69) is 0 Å². The van der Waals surface area contributed by atoms with Crippen LogP contribution in [0.25, 0.3) is 0 Å². The molecule has 0 bridgehead atoms. The molecule has 14 heavy (non-hydrogen) atoms. The Bertz CT molecular complexity index is 255. The summed E-state index contributed by atoms with van der Waals surface area (Å²) in [6.45, 7) is 0. The van der Waals surface area contributed by atoms with E-state index in [0.29, 0.717) is 0 Å². The normalized spacial score (nSPS) is 14.1. The molecule has 0 aliphatic carbocycles. The van der Waals surface area contributed by atoms with Crippen molar-refractivity contribution in [3.63, 3.8) is 0 Å². The van der Waals surface area contributed by atoms with Crippen molar-refractivity contribution in [3.05, 3.63) is 0 Å². The summed E-state index contributed by atoms with van der Waals surface area (Å²) in [5.74, 6) is -4.37. The topological polar surface area (TPSA) is 136 Å². The van der Waals surface area contributed by atoms with Crippen LogP contribution < -0.4 is 16.8 Å². The number of carbonyl (C=O) groups excluding carboxylic acids is 2. The van der Waals surface area contributed by atoms with Gasteiger partial charge in [0.25, 0.3) is 0 Å². The first-order chi connectivity index (χ1) is 6.34. The molecule has 0 fully saturated rings. The third-order valence-corrected chi connectivity index (χ3v) is 1.34. The van der Waals surface area contributed by atoms with E-state index in [0.717, 1.165) is 0 Å². The van der Waals surface area contributed by atoms with Gasteiger partial charge in [-0.15, -0.1) is 0 Å². The number of primary amides is 1. The molecular formula is C6H10BN3O4. The summed E-state index contributed by atoms with van der Waals surface area (Å²) >= 11 is 0. The minimum Gasteiger partial charge on any atom is -0.481 e. The molecule has 8 heteroatoms. The van der Waals surface area contributed by atoms with Crippen molar-refractivity contribution < 1.29 is 19.5 Å². The fourth-order valence-electron chi connectivity index (χ4n) is 0.665. The van der Waals surface area contributed by atoms with Crippen molar-refractivity contribution in [1.82, 2.24) is 5.32 Å². The molecule has 2 amide bonds. The zero-order valence-corrected chi connectivity index (χ0v) is 7.27. The highest BCUT2D eigenvalue weighted by molar-refractivity contribution is 6.23. The number of aliphatic carboxylic acids is 1. The van der Waals surface area contributed by atoms with Gasteiger partial charge in [0.15, 0.2) is 0 Å². The van der Waals surface area contributed by atoms with Crippen LogP contribution >= 0.6 is 0 Å². The predicted octanol–water partition coefficient (Wildman–Crippen LogP) is -3.12. The highest BCUT2D eigenvalue weighted by Gasteiger charge is 2.22. The Kier molecular flexibility index (Phi) is 4.64. The van der Waals surface area contributed by atoms with Gasteiger partial charge >= 0.3 is 5.97 Å². The quantitative estimate of drug-likeness (QED) is 0.347. The average molecular weight is 199 g/mol. The van der Waals surface area contributed by atoms with Crippen LogP contribution in [0.5, 0.6) is 0 Å². The Hall–Kier alpha value is -1.57. The van der Waals surface area contributed by atoms with Gasteiger partial charge in [0.1, 0.15) is 13.9 Å². The van der Waals surface area contributed by atoms with Crippen LogP contribution in [0.15, 0.2) is 0 Å². The predicted molar refractivity (Wildman–Crippen MR) is 47.1 cm³/mol. The minimum absolute atomic E-state index is 0.603. The molecule has 0 aromatic rings. The molecule has 0 saturated heterocycles. The highest BCUT2D eigenvalue weighted by Crippen LogP contribution is 1.91. The van der Waals surface area contributed by atoms with Gasteiger partial charge in [-0.3, -0.25) is 14.4 Å². The zero-order valence-electron chi connectivity index (χ0n) is 7.27. The second-order valence-corrected chi connectivity index (χ2v) is 2.59. The molecule has 0 unspecified atom stereocenters. The van der Waals surface area contributed by atoms with E-state index in [1.807, 2.05) is 5.32 Å². The maximum Gasteiger partial charge on any atom is 0.305 e. The monoisotopic (exact) mass is 199 g/mol. The fourth-order valence-corrected chi connectivity index (χ4v) is 0.665. The maximum atomic E-state index is 10.9. The van der Waals surface area contributed by atoms with Crippen molar-refractivity contribution in [2.75, 3.05) is 0 Å². The van der Waals surface area contributed by atoms with Crippen LogP contribution in [-0.2, 0) is 14.4 Å². The Balaban J connectivity index is 4.31. The number of nitrogens with one attached hydrogen (secondary N) is 1. The lowest BCUT2D eigenvalue weighted by atomic mass is 9.96. The summed E-state index contributed by atoms with van der Waals surface area (Å²) in [5, 5.41) is 10.4. The van der Waals surface area contributed by atoms with Crippen molar-refractivity contribution in [1.29, 1.82) is 0 Å². The van der Waals surface area contributed by atoms with Crippen LogP contribution in [0.1, 0.15) is 6.42 Å². The van der Waals surface area contributed by atoms with Crippen LogP contribution in [-0.4, -0.2) is 42.7 Å². The van der Waals surface area contributed by atoms with Crippen molar-refractivity contribution in [3.8, 4) is 0 Å². The smallest absolute Gasteiger partial charge is 0.305 e. The molecule has 0 saturated carbocycles. The number of carboxylic acid groups (broad SMARTS) is 1. The molecule has 76 valence electrons. The van der Waals surface area contributed by atoms with Crippen molar-refractivity contribution >= 4 is 25.6 Å². The first kappa shape index (κ1) is 12.4. The van der Waals surface area contributed by atoms with Gasteiger partial charge in [-0.25, -0.2) is 0 Å². The van der Waals surface area contributed by atoms with Gasteiger partial charge in [-0.1, -0.05) is 0 Å². The third kappa shape index (κ3) is 4.46. The van der Waals surface area contributed by atoms with Gasteiger partial charge in [-0.2, -0.15) is 0 Å². The van der Waals surface area contributed by atoms with Crippen molar-refractivity contribution in [2.45, 2.75) is 18.4 Å². The number of rotatable bonds is 5. The Morgan fingerprint density at radius 3 is 2.21 bits per heavy atom. The fraction of sp³-hybridized carbons (Fsp3) is 0.500. The maximum absolute atomic E-state index is 10.9. The van der Waals surface area contributed by atoms with E-state index in [-0.39, 0.29) is 0 Å². The second-order valence-electron chi connectivity index (χ2n) is 2.59. The van der Waals surface area contributed by atoms with Crippen LogP contribution in [0.3, 0.4) is 0 Å². The van der Waals surface area contributed by atoms with E-state index in [9.17, 15) is 14.4 Å². The Morgan fingerprint density at radius 2 is 1.93 bits per heavy atom. The molecule has 0 spiro atoms. The number of hydrogen-bond acceptors (Lipinski definition) is 4. The van der Waals surface area contributed by atoms with E-state index in [1.165, 1.54) is 0 Å². The zero-order chi connectivity index (χ0) is 11.3. The SMILES string of the molecule is [B][C@H](N)C(=O)N[C@@H](CC(=O)O)C(N)=O. The third-order valence-electron chi connectivity index (χ3n) is 1.34. The van der Waals surface area contributed by atoms with Crippen LogP contribution in [0, 0.1) is 0 Å². The van der Waals surface area contributed by atoms with E-state index in [1.54, 1.807) is 0 Å². The molecule has 7 nitrogen and oxygen atoms in total. The second kappa shape index (κ2) is 5.23. The molecule has 0 aliphatic rings. The summed E-state index contributed by atoms with van der Waals surface area (Å²) in [6.07, 6.45) is -0.603. The molecule has 2 atom stereocenters. The molecule has 0 heterocycles. The Morgan fingerprint density at radius 1 is 1.43 bits per heavy atom. The largest absolute Gasteiger partial charge is 0.481 e. The minimum atomic E-state index is -1.31. The molecule has 2 radical (unpaired) electrons. The molecule has 0 aromatic heterocycles. The number of carboxylic acids is 1. The molecule has 0 aromatic carbocycles. The summed E-state index contributed by atoms with van der Waals surface area (Å²) in [4.78, 5) is 31.8. The van der Waals surface area contributed by atoms with Gasteiger partial charge in [0, 0.05) is 5.94 Å². The molecule has 0 aliphatic heterocycles. The standard InChI is InChI=1S/C6H10BN3O4/c7-4(8)6(14)10-2(5(9)13)1-3(11)12/h2,4H,1,8H2,(H2,9,13)(H,10,14)(H,11,12)/t2-,4+/m0/s1. The van der Waals surface area contributed by atoms with Crippen LogP contribution in [0.2, 0.25) is 0 Å². The van der Waals surface area contributed by atoms with E-state index >= 15 is 0 Å². The lowest BCUT2D eigenvalue weighted by Crippen LogP contribution is -2.51. The van der Waals surface area contributed by atoms with Gasteiger partial charge < -0.3 is 21.9 Å². The van der Waals surface area contributed by atoms with Gasteiger partial charge in [-0.05, 0) is 0 Å². The lowest BCUT2D eigenvalue weighted by molar-refractivity contribution is -0.140. The highest BCUT2D eigenvalue weighted by atomic mass is 16.4.